The highest BCUT2D eigenvalue weighted by Gasteiger charge is 2.24. The lowest BCUT2D eigenvalue weighted by Gasteiger charge is -2.10. The van der Waals surface area contributed by atoms with Crippen LogP contribution in [0.1, 0.15) is 20.9 Å². The van der Waals surface area contributed by atoms with E-state index in [-0.39, 0.29) is 5.91 Å². The average Bonchev–Trinajstić information content (AvgIpc) is 3.23. The maximum atomic E-state index is 12.5. The first-order valence-electron chi connectivity index (χ1n) is 8.32. The van der Waals surface area contributed by atoms with Gasteiger partial charge in [0, 0.05) is 28.7 Å². The van der Waals surface area contributed by atoms with E-state index < -0.39 is 0 Å². The van der Waals surface area contributed by atoms with Gasteiger partial charge < -0.3 is 4.74 Å². The largest absolute Gasteiger partial charge is 0.490 e. The van der Waals surface area contributed by atoms with Gasteiger partial charge in [-0.25, -0.2) is 4.98 Å². The maximum absolute atomic E-state index is 12.5. The van der Waals surface area contributed by atoms with E-state index in [4.69, 9.17) is 4.74 Å². The summed E-state index contributed by atoms with van der Waals surface area (Å²) in [6.45, 7) is 4.05. The summed E-state index contributed by atoms with van der Waals surface area (Å²) >= 11 is 1.53. The number of anilines is 1. The fourth-order valence-corrected chi connectivity index (χ4v) is 3.97. The van der Waals surface area contributed by atoms with Gasteiger partial charge in [-0.05, 0) is 37.1 Å². The van der Waals surface area contributed by atoms with Gasteiger partial charge in [-0.1, -0.05) is 12.7 Å². The van der Waals surface area contributed by atoms with Crippen LogP contribution in [0.2, 0.25) is 0 Å². The molecule has 0 saturated heterocycles. The van der Waals surface area contributed by atoms with Crippen LogP contribution in [-0.2, 0) is 19.9 Å². The number of rotatable bonds is 5. The Morgan fingerprint density at radius 3 is 2.96 bits per heavy atom. The zero-order valence-corrected chi connectivity index (χ0v) is 15.2. The molecule has 0 spiro atoms. The van der Waals surface area contributed by atoms with E-state index in [1.807, 2.05) is 17.9 Å². The van der Waals surface area contributed by atoms with E-state index in [0.717, 1.165) is 24.1 Å². The number of amides is 1. The van der Waals surface area contributed by atoms with Gasteiger partial charge in [-0.2, -0.15) is 5.10 Å². The maximum Gasteiger partial charge on any atom is 0.257 e. The lowest BCUT2D eigenvalue weighted by Crippen LogP contribution is -2.11. The zero-order chi connectivity index (χ0) is 18.1. The van der Waals surface area contributed by atoms with Crippen LogP contribution in [0.4, 0.5) is 5.13 Å². The van der Waals surface area contributed by atoms with Crippen LogP contribution < -0.4 is 10.1 Å². The molecule has 1 aliphatic rings. The number of fused-ring (bicyclic) bond motifs is 3. The lowest BCUT2D eigenvalue weighted by molar-refractivity contribution is 0.102. The lowest BCUT2D eigenvalue weighted by atomic mass is 10.0. The minimum absolute atomic E-state index is 0.183. The van der Waals surface area contributed by atoms with Gasteiger partial charge in [-0.3, -0.25) is 14.8 Å². The SMILES string of the molecule is C=CCOc1ccc(C(=O)Nc2nc3c(s2)CCc2c-3cnn2C)cc1. The Kier molecular flexibility index (Phi) is 4.30. The molecular formula is C19H18N4O2S. The summed E-state index contributed by atoms with van der Waals surface area (Å²) in [5.74, 6) is 0.521. The summed E-state index contributed by atoms with van der Waals surface area (Å²) < 4.78 is 7.33. The second kappa shape index (κ2) is 6.76. The van der Waals surface area contributed by atoms with Gasteiger partial charge in [0.1, 0.15) is 12.4 Å². The van der Waals surface area contributed by atoms with Crippen molar-refractivity contribution in [2.75, 3.05) is 11.9 Å². The number of nitrogens with one attached hydrogen (secondary N) is 1. The number of thiazole rings is 1. The number of aromatic nitrogens is 3. The van der Waals surface area contributed by atoms with E-state index in [0.29, 0.717) is 23.1 Å². The molecule has 1 N–H and O–H groups in total. The van der Waals surface area contributed by atoms with E-state index in [9.17, 15) is 4.79 Å². The van der Waals surface area contributed by atoms with Crippen molar-refractivity contribution in [3.8, 4) is 17.0 Å². The van der Waals surface area contributed by atoms with Gasteiger partial charge in [0.15, 0.2) is 5.13 Å². The summed E-state index contributed by atoms with van der Waals surface area (Å²) in [6.07, 6.45) is 5.39. The van der Waals surface area contributed by atoms with Gasteiger partial charge in [-0.15, -0.1) is 11.3 Å². The van der Waals surface area contributed by atoms with Crippen LogP contribution in [0.5, 0.6) is 5.75 Å². The normalized spacial score (nSPS) is 12.2. The number of benzene rings is 1. The van der Waals surface area contributed by atoms with Crippen LogP contribution in [0.3, 0.4) is 0 Å². The number of carbonyl (C=O) groups is 1. The Bertz CT molecular complexity index is 972. The number of aryl methyl sites for hydroxylation is 2. The fraction of sp³-hybridized carbons (Fsp3) is 0.211. The van der Waals surface area contributed by atoms with E-state index in [1.165, 1.54) is 21.9 Å². The smallest absolute Gasteiger partial charge is 0.257 e. The van der Waals surface area contributed by atoms with Crippen molar-refractivity contribution in [1.29, 1.82) is 0 Å². The molecule has 0 radical (unpaired) electrons. The van der Waals surface area contributed by atoms with Crippen LogP contribution in [0, 0.1) is 0 Å². The summed E-state index contributed by atoms with van der Waals surface area (Å²) in [5, 5.41) is 7.83. The van der Waals surface area contributed by atoms with E-state index >= 15 is 0 Å². The number of hydrogen-bond acceptors (Lipinski definition) is 5. The van der Waals surface area contributed by atoms with Gasteiger partial charge >= 0.3 is 0 Å². The molecule has 6 nitrogen and oxygen atoms in total. The average molecular weight is 366 g/mol. The van der Waals surface area contributed by atoms with Crippen molar-refractivity contribution in [3.05, 3.63) is 59.3 Å². The Hall–Kier alpha value is -2.93. The molecule has 1 aromatic carbocycles. The Morgan fingerprint density at radius 1 is 1.38 bits per heavy atom. The molecule has 1 amide bonds. The molecule has 0 saturated carbocycles. The standard InChI is InChI=1S/C19H18N4O2S/c1-3-10-25-13-6-4-12(5-7-13)18(24)22-19-21-17-14-11-20-23(2)15(14)8-9-16(17)26-19/h3-7,11H,1,8-10H2,2H3,(H,21,22,24). The molecular weight excluding hydrogens is 348 g/mol. The molecule has 2 heterocycles. The molecule has 4 rings (SSSR count). The third-order valence-electron chi connectivity index (χ3n) is 4.31. The minimum Gasteiger partial charge on any atom is -0.490 e. The van der Waals surface area contributed by atoms with Crippen molar-refractivity contribution in [2.45, 2.75) is 12.8 Å². The summed E-state index contributed by atoms with van der Waals surface area (Å²) in [5.41, 5.74) is 3.75. The first kappa shape index (κ1) is 16.5. The van der Waals surface area contributed by atoms with Crippen LogP contribution in [0.25, 0.3) is 11.3 Å². The van der Waals surface area contributed by atoms with Crippen molar-refractivity contribution >= 4 is 22.4 Å². The van der Waals surface area contributed by atoms with Crippen LogP contribution in [0.15, 0.2) is 43.1 Å². The minimum atomic E-state index is -0.183. The third-order valence-corrected chi connectivity index (χ3v) is 5.34. The first-order valence-corrected chi connectivity index (χ1v) is 9.13. The molecule has 7 heteroatoms. The first-order chi connectivity index (χ1) is 12.7. The molecule has 0 unspecified atom stereocenters. The second-order valence-corrected chi connectivity index (χ2v) is 7.08. The van der Waals surface area contributed by atoms with E-state index in [2.05, 4.69) is 22.0 Å². The van der Waals surface area contributed by atoms with Crippen molar-refractivity contribution in [2.24, 2.45) is 7.05 Å². The summed E-state index contributed by atoms with van der Waals surface area (Å²) in [4.78, 5) is 18.3. The monoisotopic (exact) mass is 366 g/mol. The Morgan fingerprint density at radius 2 is 2.19 bits per heavy atom. The molecule has 0 atom stereocenters. The van der Waals surface area contributed by atoms with Crippen molar-refractivity contribution in [3.63, 3.8) is 0 Å². The second-order valence-electron chi connectivity index (χ2n) is 6.00. The molecule has 132 valence electrons. The molecule has 3 aromatic rings. The van der Waals surface area contributed by atoms with Crippen molar-refractivity contribution < 1.29 is 9.53 Å². The van der Waals surface area contributed by atoms with Crippen molar-refractivity contribution in [1.82, 2.24) is 14.8 Å². The quantitative estimate of drug-likeness (QED) is 0.702. The van der Waals surface area contributed by atoms with Gasteiger partial charge in [0.25, 0.3) is 5.91 Å². The molecule has 0 fully saturated rings. The van der Waals surface area contributed by atoms with Crippen LogP contribution in [-0.4, -0.2) is 27.3 Å². The summed E-state index contributed by atoms with van der Waals surface area (Å²) in [7, 11) is 1.95. The van der Waals surface area contributed by atoms with Gasteiger partial charge in [0.2, 0.25) is 0 Å². The Balaban J connectivity index is 1.51. The topological polar surface area (TPSA) is 69.0 Å². The highest BCUT2D eigenvalue weighted by Crippen LogP contribution is 2.37. The number of carbonyl (C=O) groups excluding carboxylic acids is 1. The molecule has 1 aliphatic carbocycles. The van der Waals surface area contributed by atoms with E-state index in [1.54, 1.807) is 30.3 Å². The number of hydrogen-bond donors (Lipinski definition) is 1. The number of ether oxygens (including phenoxy) is 1. The van der Waals surface area contributed by atoms with Crippen LogP contribution >= 0.6 is 11.3 Å². The molecule has 26 heavy (non-hydrogen) atoms. The predicted octanol–water partition coefficient (Wildman–Crippen LogP) is 3.46. The molecule has 2 aromatic heterocycles. The van der Waals surface area contributed by atoms with Gasteiger partial charge in [0.05, 0.1) is 11.9 Å². The fourth-order valence-electron chi connectivity index (χ4n) is 3.00. The zero-order valence-electron chi connectivity index (χ0n) is 14.4. The number of nitrogens with zero attached hydrogens (tertiary/aromatic N) is 3. The Labute approximate surface area is 155 Å². The predicted molar refractivity (Wildman–Crippen MR) is 102 cm³/mol. The third kappa shape index (κ3) is 3.01. The molecule has 0 bridgehead atoms. The molecule has 0 aliphatic heterocycles. The highest BCUT2D eigenvalue weighted by molar-refractivity contribution is 7.16. The summed E-state index contributed by atoms with van der Waals surface area (Å²) in [6, 6.07) is 7.02. The highest BCUT2D eigenvalue weighted by atomic mass is 32.1.